The van der Waals surface area contributed by atoms with Gasteiger partial charge in [0.15, 0.2) is 12.2 Å². The van der Waals surface area contributed by atoms with Crippen LogP contribution >= 0.6 is 0 Å². The zero-order valence-electron chi connectivity index (χ0n) is 29.9. The standard InChI is InChI=1S/C43H37N3O10/c44-28-15-16-35(32(20-28)42(50)51)54-43-41(56-39(49)19-27-22-46-34-12-6-4-10-31(27)34)40(55-38(48)17-25-14-13-24-7-1-2-8-29(24)25)36(23-52-43)53-37(47)18-26-21-45-33-11-5-3-9-30(26)33/h1-12,14-16,20-22,36,40-41,43,45-46H,13,17-19,23,44H2,(H,50,51)/t36-,40+,41-,43?/m1/s1. The second-order valence-corrected chi connectivity index (χ2v) is 13.7. The van der Waals surface area contributed by atoms with Crippen molar-refractivity contribution in [3.63, 3.8) is 0 Å². The number of H-pyrrole nitrogens is 2. The summed E-state index contributed by atoms with van der Waals surface area (Å²) in [6, 6.07) is 26.7. The highest BCUT2D eigenvalue weighted by Gasteiger charge is 2.49. The minimum absolute atomic E-state index is 0.118. The lowest BCUT2D eigenvalue weighted by atomic mass is 10.0. The number of allylic oxidation sites excluding steroid dienone is 1. The smallest absolute Gasteiger partial charge is 0.339 e. The average molecular weight is 756 g/mol. The van der Waals surface area contributed by atoms with Gasteiger partial charge < -0.3 is 44.5 Å². The quantitative estimate of drug-likeness (QED) is 0.0659. The largest absolute Gasteiger partial charge is 0.478 e. The number of para-hydroxylation sites is 2. The highest BCUT2D eigenvalue weighted by molar-refractivity contribution is 5.92. The van der Waals surface area contributed by atoms with Crippen LogP contribution in [-0.2, 0) is 52.6 Å². The van der Waals surface area contributed by atoms with E-state index in [-0.39, 0.29) is 42.9 Å². The molecule has 56 heavy (non-hydrogen) atoms. The van der Waals surface area contributed by atoms with Crippen molar-refractivity contribution in [3.05, 3.63) is 137 Å². The van der Waals surface area contributed by atoms with Crippen LogP contribution < -0.4 is 10.5 Å². The molecule has 2 aliphatic rings. The lowest BCUT2D eigenvalue weighted by molar-refractivity contribution is -0.260. The van der Waals surface area contributed by atoms with Gasteiger partial charge in [-0.05, 0) is 64.6 Å². The van der Waals surface area contributed by atoms with Crippen molar-refractivity contribution in [1.29, 1.82) is 0 Å². The topological polar surface area (TPSA) is 192 Å². The first-order valence-corrected chi connectivity index (χ1v) is 18.1. The second-order valence-electron chi connectivity index (χ2n) is 13.7. The zero-order valence-corrected chi connectivity index (χ0v) is 29.9. The van der Waals surface area contributed by atoms with Gasteiger partial charge in [0.1, 0.15) is 11.3 Å². The molecule has 0 bridgehead atoms. The number of benzene rings is 4. The Bertz CT molecular complexity index is 2500. The third-order valence-electron chi connectivity index (χ3n) is 9.96. The van der Waals surface area contributed by atoms with Gasteiger partial charge in [0, 0.05) is 39.9 Å². The van der Waals surface area contributed by atoms with Crippen LogP contribution in [0.2, 0.25) is 0 Å². The predicted molar refractivity (Wildman–Crippen MR) is 205 cm³/mol. The van der Waals surface area contributed by atoms with Gasteiger partial charge in [0.25, 0.3) is 0 Å². The Morgan fingerprint density at radius 3 is 2.04 bits per heavy atom. The molecular formula is C43H37N3O10. The molecule has 1 fully saturated rings. The van der Waals surface area contributed by atoms with Crippen LogP contribution in [0.1, 0.15) is 39.0 Å². The molecular weight excluding hydrogens is 718 g/mol. The molecule has 6 aromatic rings. The highest BCUT2D eigenvalue weighted by Crippen LogP contribution is 2.33. The predicted octanol–water partition coefficient (Wildman–Crippen LogP) is 5.92. The van der Waals surface area contributed by atoms with E-state index in [1.807, 2.05) is 78.9 Å². The molecule has 0 spiro atoms. The van der Waals surface area contributed by atoms with Crippen LogP contribution in [0.5, 0.6) is 5.75 Å². The maximum absolute atomic E-state index is 13.9. The molecule has 5 N–H and O–H groups in total. The summed E-state index contributed by atoms with van der Waals surface area (Å²) in [5.74, 6) is -3.51. The number of aromatic nitrogens is 2. The molecule has 0 amide bonds. The summed E-state index contributed by atoms with van der Waals surface area (Å²) in [5, 5.41) is 11.6. The summed E-state index contributed by atoms with van der Waals surface area (Å²) in [6.45, 7) is -0.346. The number of carbonyl (C=O) groups excluding carboxylic acids is 3. The van der Waals surface area contributed by atoms with E-state index >= 15 is 0 Å². The van der Waals surface area contributed by atoms with Crippen molar-refractivity contribution in [2.24, 2.45) is 0 Å². The van der Waals surface area contributed by atoms with Crippen LogP contribution in [0.3, 0.4) is 0 Å². The van der Waals surface area contributed by atoms with Gasteiger partial charge in [-0.25, -0.2) is 4.79 Å². The number of rotatable bonds is 12. The molecule has 8 rings (SSSR count). The van der Waals surface area contributed by atoms with Gasteiger partial charge in [0.05, 0.1) is 25.9 Å². The van der Waals surface area contributed by atoms with Crippen molar-refractivity contribution in [3.8, 4) is 5.75 Å². The van der Waals surface area contributed by atoms with Gasteiger partial charge in [-0.3, -0.25) is 14.4 Å². The lowest BCUT2D eigenvalue weighted by Gasteiger charge is -2.40. The number of nitrogens with two attached hydrogens (primary N) is 1. The van der Waals surface area contributed by atoms with E-state index < -0.39 is 48.5 Å². The van der Waals surface area contributed by atoms with Crippen LogP contribution in [0.15, 0.2) is 109 Å². The van der Waals surface area contributed by atoms with E-state index in [0.717, 1.165) is 38.5 Å². The van der Waals surface area contributed by atoms with E-state index in [4.69, 9.17) is 29.4 Å². The molecule has 1 aliphatic carbocycles. The molecule has 13 heteroatoms. The Morgan fingerprint density at radius 2 is 1.34 bits per heavy atom. The van der Waals surface area contributed by atoms with Crippen LogP contribution in [0, 0.1) is 0 Å². The van der Waals surface area contributed by atoms with Crippen LogP contribution in [0.25, 0.3) is 27.4 Å². The van der Waals surface area contributed by atoms with E-state index in [1.165, 1.54) is 18.2 Å². The molecule has 4 atom stereocenters. The van der Waals surface area contributed by atoms with Gasteiger partial charge in [-0.15, -0.1) is 0 Å². The number of carboxylic acid groups (broad SMARTS) is 1. The molecule has 0 saturated carbocycles. The molecule has 0 radical (unpaired) electrons. The number of aromatic amines is 2. The number of nitrogens with one attached hydrogen (secondary N) is 2. The summed E-state index contributed by atoms with van der Waals surface area (Å²) >= 11 is 0. The minimum Gasteiger partial charge on any atom is -0.478 e. The SMILES string of the molecule is Nc1ccc(OC2OC[C@@H](OC(=O)Cc3c[nH]c4ccccc34)[C@H](OC(=O)CC3=CCc4ccccc43)[C@H]2OC(=O)Cc2c[nH]c3ccccc23)c(C(=O)O)c1. The van der Waals surface area contributed by atoms with E-state index in [9.17, 15) is 24.3 Å². The number of carboxylic acids is 1. The average Bonchev–Trinajstić information content (AvgIpc) is 3.92. The third kappa shape index (κ3) is 7.57. The Labute approximate surface area is 320 Å². The highest BCUT2D eigenvalue weighted by atomic mass is 16.7. The van der Waals surface area contributed by atoms with Gasteiger partial charge >= 0.3 is 23.9 Å². The Kier molecular flexibility index (Phi) is 9.99. The van der Waals surface area contributed by atoms with Crippen molar-refractivity contribution < 1.29 is 48.0 Å². The molecule has 3 heterocycles. The number of hydrogen-bond acceptors (Lipinski definition) is 10. The molecule has 1 unspecified atom stereocenters. The summed E-state index contributed by atoms with van der Waals surface area (Å²) in [5.41, 5.74) is 11.5. The number of anilines is 1. The van der Waals surface area contributed by atoms with E-state index in [2.05, 4.69) is 9.97 Å². The Morgan fingerprint density at radius 1 is 0.732 bits per heavy atom. The second kappa shape index (κ2) is 15.5. The zero-order chi connectivity index (χ0) is 38.8. The van der Waals surface area contributed by atoms with Crippen molar-refractivity contribution in [2.75, 3.05) is 12.3 Å². The van der Waals surface area contributed by atoms with Crippen molar-refractivity contribution in [2.45, 2.75) is 50.3 Å². The first-order chi connectivity index (χ1) is 27.2. The van der Waals surface area contributed by atoms with Crippen LogP contribution in [-0.4, -0.2) is 70.2 Å². The fourth-order valence-corrected chi connectivity index (χ4v) is 7.30. The van der Waals surface area contributed by atoms with E-state index in [0.29, 0.717) is 17.5 Å². The Hall–Kier alpha value is -6.86. The number of fused-ring (bicyclic) bond motifs is 3. The van der Waals surface area contributed by atoms with E-state index in [1.54, 1.807) is 12.4 Å². The van der Waals surface area contributed by atoms with Crippen molar-refractivity contribution in [1.82, 2.24) is 9.97 Å². The number of aromatic carboxylic acids is 1. The summed E-state index contributed by atoms with van der Waals surface area (Å²) < 4.78 is 30.3. The number of carbonyl (C=O) groups is 4. The first-order valence-electron chi connectivity index (χ1n) is 18.1. The van der Waals surface area contributed by atoms with Crippen LogP contribution in [0.4, 0.5) is 5.69 Å². The number of nitrogen functional groups attached to an aromatic ring is 1. The number of ether oxygens (including phenoxy) is 5. The summed E-state index contributed by atoms with van der Waals surface area (Å²) in [7, 11) is 0. The summed E-state index contributed by atoms with van der Waals surface area (Å²) in [4.78, 5) is 59.8. The van der Waals surface area contributed by atoms with Crippen molar-refractivity contribution >= 4 is 56.9 Å². The number of hydrogen-bond donors (Lipinski definition) is 4. The fraction of sp³-hybridized carbons (Fsp3) is 0.209. The maximum Gasteiger partial charge on any atom is 0.339 e. The fourth-order valence-electron chi connectivity index (χ4n) is 7.30. The number of esters is 3. The lowest BCUT2D eigenvalue weighted by Crippen LogP contribution is -2.59. The minimum atomic E-state index is -1.53. The monoisotopic (exact) mass is 755 g/mol. The molecule has 1 saturated heterocycles. The molecule has 13 nitrogen and oxygen atoms in total. The van der Waals surface area contributed by atoms with Gasteiger partial charge in [0.2, 0.25) is 12.4 Å². The van der Waals surface area contributed by atoms with Gasteiger partial charge in [-0.2, -0.15) is 0 Å². The molecule has 1 aliphatic heterocycles. The Balaban J connectivity index is 1.11. The summed E-state index contributed by atoms with van der Waals surface area (Å²) in [6.07, 6.45) is -0.116. The van der Waals surface area contributed by atoms with Gasteiger partial charge in [-0.1, -0.05) is 66.7 Å². The third-order valence-corrected chi connectivity index (χ3v) is 9.96. The molecule has 2 aromatic heterocycles. The normalized spacial score (nSPS) is 18.9. The molecule has 4 aromatic carbocycles. The molecule has 284 valence electrons. The maximum atomic E-state index is 13.9. The first kappa shape index (κ1) is 36.1.